The number of hydrogen-bond donors (Lipinski definition) is 2. The smallest absolute Gasteiger partial charge is 0.220 e. The molecule has 0 aromatic carbocycles. The van der Waals surface area contributed by atoms with E-state index in [1.54, 1.807) is 18.3 Å². The minimum atomic E-state index is -0.502. The van der Waals surface area contributed by atoms with Crippen molar-refractivity contribution in [3.8, 4) is 0 Å². The second-order valence-corrected chi connectivity index (χ2v) is 5.25. The van der Waals surface area contributed by atoms with Gasteiger partial charge >= 0.3 is 0 Å². The number of fused-ring (bicyclic) bond motifs is 1. The average Bonchev–Trinajstić information content (AvgIpc) is 2.83. The van der Waals surface area contributed by atoms with Gasteiger partial charge in [0.15, 0.2) is 4.96 Å². The van der Waals surface area contributed by atoms with Gasteiger partial charge in [-0.3, -0.25) is 9.20 Å². The third kappa shape index (κ3) is 3.08. The van der Waals surface area contributed by atoms with E-state index >= 15 is 0 Å². The summed E-state index contributed by atoms with van der Waals surface area (Å²) in [5.41, 5.74) is 2.09. The minimum absolute atomic E-state index is 0.0351. The molecule has 0 aliphatic carbocycles. The Kier molecular flexibility index (Phi) is 3.98. The number of imidazole rings is 1. The fourth-order valence-corrected chi connectivity index (χ4v) is 2.67. The van der Waals surface area contributed by atoms with Gasteiger partial charge in [0.05, 0.1) is 11.8 Å². The molecule has 5 nitrogen and oxygen atoms in total. The van der Waals surface area contributed by atoms with E-state index in [1.165, 1.54) is 0 Å². The molecule has 0 aliphatic heterocycles. The van der Waals surface area contributed by atoms with Crippen molar-refractivity contribution in [2.75, 3.05) is 6.54 Å². The predicted molar refractivity (Wildman–Crippen MR) is 70.8 cm³/mol. The normalized spacial score (nSPS) is 12.8. The lowest BCUT2D eigenvalue weighted by Gasteiger charge is -2.06. The lowest BCUT2D eigenvalue weighted by atomic mass is 10.2. The van der Waals surface area contributed by atoms with Crippen LogP contribution in [0.15, 0.2) is 11.6 Å². The van der Waals surface area contributed by atoms with Crippen LogP contribution in [0.25, 0.3) is 4.96 Å². The van der Waals surface area contributed by atoms with Gasteiger partial charge in [-0.25, -0.2) is 4.98 Å². The first-order chi connectivity index (χ1) is 8.56. The average molecular weight is 267 g/mol. The van der Waals surface area contributed by atoms with E-state index in [0.29, 0.717) is 19.4 Å². The fourth-order valence-electron chi connectivity index (χ4n) is 1.71. The topological polar surface area (TPSA) is 66.6 Å². The van der Waals surface area contributed by atoms with E-state index in [9.17, 15) is 4.79 Å². The van der Waals surface area contributed by atoms with E-state index < -0.39 is 6.10 Å². The maximum Gasteiger partial charge on any atom is 0.220 e. The summed E-state index contributed by atoms with van der Waals surface area (Å²) < 4.78 is 2.03. The van der Waals surface area contributed by atoms with Crippen LogP contribution < -0.4 is 5.32 Å². The first kappa shape index (κ1) is 13.0. The quantitative estimate of drug-likeness (QED) is 0.853. The van der Waals surface area contributed by atoms with Crippen molar-refractivity contribution in [1.29, 1.82) is 0 Å². The van der Waals surface area contributed by atoms with E-state index in [-0.39, 0.29) is 5.91 Å². The SMILES string of the molecule is Cc1cn2c(CCC(=O)NCC(C)O)csc2n1. The Labute approximate surface area is 109 Å². The molecule has 2 rings (SSSR count). The molecule has 1 atom stereocenters. The van der Waals surface area contributed by atoms with Crippen LogP contribution in [0, 0.1) is 6.92 Å². The molecule has 18 heavy (non-hydrogen) atoms. The molecule has 2 N–H and O–H groups in total. The van der Waals surface area contributed by atoms with Crippen molar-refractivity contribution in [2.45, 2.75) is 32.8 Å². The zero-order valence-corrected chi connectivity index (χ0v) is 11.3. The van der Waals surface area contributed by atoms with Gasteiger partial charge in [0.1, 0.15) is 0 Å². The number of carbonyl (C=O) groups excluding carboxylic acids is 1. The highest BCUT2D eigenvalue weighted by Gasteiger charge is 2.08. The fraction of sp³-hybridized carbons (Fsp3) is 0.500. The van der Waals surface area contributed by atoms with Crippen molar-refractivity contribution in [1.82, 2.24) is 14.7 Å². The van der Waals surface area contributed by atoms with Crippen LogP contribution in [0.4, 0.5) is 0 Å². The molecule has 1 amide bonds. The van der Waals surface area contributed by atoms with Gasteiger partial charge in [-0.05, 0) is 20.3 Å². The number of aromatic nitrogens is 2. The lowest BCUT2D eigenvalue weighted by molar-refractivity contribution is -0.121. The lowest BCUT2D eigenvalue weighted by Crippen LogP contribution is -2.30. The molecule has 98 valence electrons. The highest BCUT2D eigenvalue weighted by atomic mass is 32.1. The number of hydrogen-bond acceptors (Lipinski definition) is 4. The highest BCUT2D eigenvalue weighted by Crippen LogP contribution is 2.17. The second-order valence-electron chi connectivity index (χ2n) is 4.41. The minimum Gasteiger partial charge on any atom is -0.392 e. The van der Waals surface area contributed by atoms with Gasteiger partial charge in [0.25, 0.3) is 0 Å². The molecule has 0 radical (unpaired) electrons. The predicted octanol–water partition coefficient (Wildman–Crippen LogP) is 1.13. The Morgan fingerprint density at radius 3 is 3.17 bits per heavy atom. The number of rotatable bonds is 5. The molecule has 0 saturated carbocycles. The maximum absolute atomic E-state index is 11.5. The van der Waals surface area contributed by atoms with Crippen LogP contribution in [0.5, 0.6) is 0 Å². The molecular weight excluding hydrogens is 250 g/mol. The molecule has 0 saturated heterocycles. The Morgan fingerprint density at radius 1 is 1.67 bits per heavy atom. The van der Waals surface area contributed by atoms with E-state index in [4.69, 9.17) is 5.11 Å². The van der Waals surface area contributed by atoms with Gasteiger partial charge in [-0.15, -0.1) is 11.3 Å². The monoisotopic (exact) mass is 267 g/mol. The molecule has 2 aromatic heterocycles. The van der Waals surface area contributed by atoms with E-state index in [2.05, 4.69) is 10.3 Å². The summed E-state index contributed by atoms with van der Waals surface area (Å²) in [6.07, 6.45) is 2.59. The zero-order chi connectivity index (χ0) is 13.1. The van der Waals surface area contributed by atoms with Gasteiger partial charge in [-0.1, -0.05) is 0 Å². The number of nitrogens with one attached hydrogen (secondary N) is 1. The van der Waals surface area contributed by atoms with Crippen molar-refractivity contribution in [3.05, 3.63) is 23.0 Å². The molecule has 0 bridgehead atoms. The summed E-state index contributed by atoms with van der Waals surface area (Å²) in [5.74, 6) is -0.0351. The van der Waals surface area contributed by atoms with Crippen LogP contribution >= 0.6 is 11.3 Å². The third-order valence-electron chi connectivity index (χ3n) is 2.61. The first-order valence-corrected chi connectivity index (χ1v) is 6.81. The number of aliphatic hydroxyl groups is 1. The Hall–Kier alpha value is -1.40. The molecular formula is C12H17N3O2S. The van der Waals surface area contributed by atoms with E-state index in [0.717, 1.165) is 16.3 Å². The van der Waals surface area contributed by atoms with Crippen molar-refractivity contribution >= 4 is 22.2 Å². The Bertz CT molecular complexity index is 545. The largest absolute Gasteiger partial charge is 0.392 e. The second kappa shape index (κ2) is 5.49. The Balaban J connectivity index is 1.91. The van der Waals surface area contributed by atoms with Gasteiger partial charge < -0.3 is 10.4 Å². The van der Waals surface area contributed by atoms with Gasteiger partial charge in [0, 0.05) is 30.2 Å². The number of aryl methyl sites for hydroxylation is 2. The van der Waals surface area contributed by atoms with Crippen LogP contribution in [0.2, 0.25) is 0 Å². The number of amides is 1. The van der Waals surface area contributed by atoms with Crippen molar-refractivity contribution in [3.63, 3.8) is 0 Å². The van der Waals surface area contributed by atoms with Crippen LogP contribution in [-0.4, -0.2) is 33.0 Å². The van der Waals surface area contributed by atoms with Gasteiger partial charge in [0.2, 0.25) is 5.91 Å². The molecule has 2 aromatic rings. The highest BCUT2D eigenvalue weighted by molar-refractivity contribution is 7.15. The zero-order valence-electron chi connectivity index (χ0n) is 10.5. The molecule has 6 heteroatoms. The summed E-state index contributed by atoms with van der Waals surface area (Å²) in [6.45, 7) is 3.91. The number of nitrogens with zero attached hydrogens (tertiary/aromatic N) is 2. The standard InChI is InChI=1S/C12H17N3O2S/c1-8-6-15-10(7-18-12(15)14-8)3-4-11(17)13-5-9(2)16/h6-7,9,16H,3-5H2,1-2H3,(H,13,17). The molecule has 1 unspecified atom stereocenters. The Morgan fingerprint density at radius 2 is 2.44 bits per heavy atom. The number of carbonyl (C=O) groups is 1. The van der Waals surface area contributed by atoms with Crippen molar-refractivity contribution in [2.24, 2.45) is 0 Å². The van der Waals surface area contributed by atoms with E-state index in [1.807, 2.05) is 22.9 Å². The summed E-state index contributed by atoms with van der Waals surface area (Å²) in [7, 11) is 0. The summed E-state index contributed by atoms with van der Waals surface area (Å²) in [6, 6.07) is 0. The maximum atomic E-state index is 11.5. The molecule has 2 heterocycles. The number of thiazole rings is 1. The van der Waals surface area contributed by atoms with Crippen molar-refractivity contribution < 1.29 is 9.90 Å². The summed E-state index contributed by atoms with van der Waals surface area (Å²) in [4.78, 5) is 16.9. The van der Waals surface area contributed by atoms with Crippen LogP contribution in [0.1, 0.15) is 24.7 Å². The molecule has 0 spiro atoms. The van der Waals surface area contributed by atoms with Crippen LogP contribution in [0.3, 0.4) is 0 Å². The number of aliphatic hydroxyl groups excluding tert-OH is 1. The molecule has 0 aliphatic rings. The summed E-state index contributed by atoms with van der Waals surface area (Å²) >= 11 is 1.58. The molecule has 0 fully saturated rings. The summed E-state index contributed by atoms with van der Waals surface area (Å²) in [5, 5.41) is 13.8. The van der Waals surface area contributed by atoms with Crippen LogP contribution in [-0.2, 0) is 11.2 Å². The third-order valence-corrected chi connectivity index (χ3v) is 3.50. The first-order valence-electron chi connectivity index (χ1n) is 5.93. The van der Waals surface area contributed by atoms with Gasteiger partial charge in [-0.2, -0.15) is 0 Å².